The molecule has 3 rings (SSSR count). The lowest BCUT2D eigenvalue weighted by Gasteiger charge is -2.27. The lowest BCUT2D eigenvalue weighted by molar-refractivity contribution is 0.457. The maximum atomic E-state index is 12.1. The average molecular weight is 265 g/mol. The Bertz CT molecular complexity index is 589. The third-order valence-corrected chi connectivity index (χ3v) is 4.68. The first-order chi connectivity index (χ1) is 8.67. The predicted octanol–water partition coefficient (Wildman–Crippen LogP) is 1.20. The van der Waals surface area contributed by atoms with Gasteiger partial charge in [-0.3, -0.25) is 0 Å². The molecule has 2 N–H and O–H groups in total. The molecule has 0 radical (unpaired) electrons. The van der Waals surface area contributed by atoms with Crippen LogP contribution < -0.4 is 10.6 Å². The average Bonchev–Trinajstić information content (AvgIpc) is 2.39. The van der Waals surface area contributed by atoms with Crippen molar-refractivity contribution >= 4 is 21.5 Å². The highest BCUT2D eigenvalue weighted by atomic mass is 32.2. The molecule has 18 heavy (non-hydrogen) atoms. The van der Waals surface area contributed by atoms with Crippen molar-refractivity contribution < 1.29 is 8.42 Å². The molecule has 1 aromatic carbocycles. The van der Waals surface area contributed by atoms with E-state index in [0.29, 0.717) is 11.5 Å². The van der Waals surface area contributed by atoms with Crippen molar-refractivity contribution in [3.05, 3.63) is 24.3 Å². The molecule has 2 aliphatic rings. The van der Waals surface area contributed by atoms with Gasteiger partial charge in [0.25, 0.3) is 10.0 Å². The smallest absolute Gasteiger partial charge is 0.286 e. The van der Waals surface area contributed by atoms with E-state index in [0.717, 1.165) is 25.9 Å². The zero-order chi connectivity index (χ0) is 12.6. The lowest BCUT2D eigenvalue weighted by atomic mass is 9.98. The van der Waals surface area contributed by atoms with E-state index in [1.807, 2.05) is 6.07 Å². The summed E-state index contributed by atoms with van der Waals surface area (Å²) < 4.78 is 28.1. The van der Waals surface area contributed by atoms with E-state index in [-0.39, 0.29) is 10.8 Å². The van der Waals surface area contributed by atoms with Crippen molar-refractivity contribution in [3.8, 4) is 0 Å². The van der Waals surface area contributed by atoms with Crippen molar-refractivity contribution in [2.24, 2.45) is 10.3 Å². The van der Waals surface area contributed by atoms with Crippen molar-refractivity contribution in [1.82, 2.24) is 5.32 Å². The first-order valence-corrected chi connectivity index (χ1v) is 7.52. The summed E-state index contributed by atoms with van der Waals surface area (Å²) in [6.07, 6.45) is 2.02. The molecule has 0 amide bonds. The fraction of sp³-hybridized carbons (Fsp3) is 0.417. The van der Waals surface area contributed by atoms with Crippen molar-refractivity contribution in [3.63, 3.8) is 0 Å². The minimum absolute atomic E-state index is 0.155. The maximum Gasteiger partial charge on any atom is 0.286 e. The van der Waals surface area contributed by atoms with Crippen LogP contribution in [-0.4, -0.2) is 27.3 Å². The van der Waals surface area contributed by atoms with Gasteiger partial charge in [-0.05, 0) is 31.5 Å². The zero-order valence-electron chi connectivity index (χ0n) is 9.89. The fourth-order valence-electron chi connectivity index (χ4n) is 2.40. The summed E-state index contributed by atoms with van der Waals surface area (Å²) in [5.41, 5.74) is 0.632. The summed E-state index contributed by atoms with van der Waals surface area (Å²) in [5, 5.41) is 6.42. The van der Waals surface area contributed by atoms with Gasteiger partial charge in [-0.15, -0.1) is 4.40 Å². The number of amidine groups is 1. The topological polar surface area (TPSA) is 70.6 Å². The van der Waals surface area contributed by atoms with Gasteiger partial charge in [0.05, 0.1) is 5.69 Å². The summed E-state index contributed by atoms with van der Waals surface area (Å²) in [6, 6.07) is 6.89. The Balaban J connectivity index is 1.98. The van der Waals surface area contributed by atoms with Crippen molar-refractivity contribution in [2.45, 2.75) is 17.7 Å². The molecule has 0 aromatic heterocycles. The molecule has 1 aromatic rings. The van der Waals surface area contributed by atoms with Crippen LogP contribution in [0.1, 0.15) is 12.8 Å². The second-order valence-corrected chi connectivity index (χ2v) is 6.19. The number of piperidine rings is 1. The Kier molecular flexibility index (Phi) is 2.83. The molecule has 0 spiro atoms. The summed E-state index contributed by atoms with van der Waals surface area (Å²) in [5.74, 6) is 0.725. The quantitative estimate of drug-likeness (QED) is 0.800. The van der Waals surface area contributed by atoms with Gasteiger partial charge < -0.3 is 10.6 Å². The van der Waals surface area contributed by atoms with E-state index in [9.17, 15) is 8.42 Å². The van der Waals surface area contributed by atoms with Crippen LogP contribution >= 0.6 is 0 Å². The number of benzene rings is 1. The Morgan fingerprint density at radius 1 is 1.28 bits per heavy atom. The first kappa shape index (κ1) is 11.7. The van der Waals surface area contributed by atoms with Gasteiger partial charge in [0, 0.05) is 12.5 Å². The molecule has 1 saturated heterocycles. The molecule has 2 aliphatic heterocycles. The molecular weight excluding hydrogens is 250 g/mol. The van der Waals surface area contributed by atoms with Gasteiger partial charge in [-0.1, -0.05) is 12.1 Å². The zero-order valence-corrected chi connectivity index (χ0v) is 10.7. The predicted molar refractivity (Wildman–Crippen MR) is 70.3 cm³/mol. The first-order valence-electron chi connectivity index (χ1n) is 6.08. The van der Waals surface area contributed by atoms with Crippen molar-refractivity contribution in [2.75, 3.05) is 18.4 Å². The molecule has 0 aliphatic carbocycles. The SMILES string of the molecule is O=S1(=O)N=C([C@H]2CCCNC2)Nc2ccccc21. The molecule has 1 fully saturated rings. The molecule has 6 heteroatoms. The van der Waals surface area contributed by atoms with E-state index in [4.69, 9.17) is 0 Å². The van der Waals surface area contributed by atoms with E-state index in [2.05, 4.69) is 15.0 Å². The number of fused-ring (bicyclic) bond motifs is 1. The van der Waals surface area contributed by atoms with Crippen LogP contribution in [0.15, 0.2) is 33.6 Å². The molecule has 2 heterocycles. The van der Waals surface area contributed by atoms with Gasteiger partial charge in [0.15, 0.2) is 0 Å². The van der Waals surface area contributed by atoms with E-state index < -0.39 is 10.0 Å². The highest BCUT2D eigenvalue weighted by molar-refractivity contribution is 7.90. The Morgan fingerprint density at radius 2 is 2.11 bits per heavy atom. The highest BCUT2D eigenvalue weighted by Gasteiger charge is 2.29. The summed E-state index contributed by atoms with van der Waals surface area (Å²) in [7, 11) is -3.54. The summed E-state index contributed by atoms with van der Waals surface area (Å²) >= 11 is 0. The minimum atomic E-state index is -3.54. The normalized spacial score (nSPS) is 25.8. The number of hydrogen-bond donors (Lipinski definition) is 2. The molecule has 0 saturated carbocycles. The van der Waals surface area contributed by atoms with Crippen LogP contribution in [0.3, 0.4) is 0 Å². The standard InChI is InChI=1S/C12H15N3O2S/c16-18(17)11-6-2-1-5-10(11)14-12(15-18)9-4-3-7-13-8-9/h1-2,5-6,9,13H,3-4,7-8H2,(H,14,15)/t9-/m0/s1. The van der Waals surface area contributed by atoms with Crippen LogP contribution in [0.2, 0.25) is 0 Å². The van der Waals surface area contributed by atoms with Crippen LogP contribution in [0.25, 0.3) is 0 Å². The minimum Gasteiger partial charge on any atom is -0.342 e. The number of anilines is 1. The Hall–Kier alpha value is -1.40. The Labute approximate surface area is 106 Å². The summed E-state index contributed by atoms with van der Waals surface area (Å²) in [6.45, 7) is 1.77. The van der Waals surface area contributed by atoms with Gasteiger partial charge in [-0.25, -0.2) is 0 Å². The van der Waals surface area contributed by atoms with E-state index >= 15 is 0 Å². The van der Waals surface area contributed by atoms with Gasteiger partial charge >= 0.3 is 0 Å². The fourth-order valence-corrected chi connectivity index (χ4v) is 3.60. The Morgan fingerprint density at radius 3 is 2.89 bits per heavy atom. The van der Waals surface area contributed by atoms with Crippen LogP contribution in [-0.2, 0) is 10.0 Å². The number of sulfonamides is 1. The van der Waals surface area contributed by atoms with Gasteiger partial charge in [0.2, 0.25) is 0 Å². The molecule has 0 bridgehead atoms. The number of hydrogen-bond acceptors (Lipinski definition) is 4. The molecule has 0 unspecified atom stereocenters. The summed E-state index contributed by atoms with van der Waals surface area (Å²) in [4.78, 5) is 0.262. The number of para-hydroxylation sites is 1. The number of nitrogens with zero attached hydrogens (tertiary/aromatic N) is 1. The molecule has 96 valence electrons. The highest BCUT2D eigenvalue weighted by Crippen LogP contribution is 2.29. The monoisotopic (exact) mass is 265 g/mol. The third kappa shape index (κ3) is 2.02. The van der Waals surface area contributed by atoms with Gasteiger partial charge in [0.1, 0.15) is 10.7 Å². The van der Waals surface area contributed by atoms with Crippen LogP contribution in [0.4, 0.5) is 5.69 Å². The van der Waals surface area contributed by atoms with Crippen molar-refractivity contribution in [1.29, 1.82) is 0 Å². The molecule has 5 nitrogen and oxygen atoms in total. The van der Waals surface area contributed by atoms with E-state index in [1.165, 1.54) is 0 Å². The van der Waals surface area contributed by atoms with E-state index in [1.54, 1.807) is 18.2 Å². The second-order valence-electron chi connectivity index (χ2n) is 4.62. The third-order valence-electron chi connectivity index (χ3n) is 3.33. The second kappa shape index (κ2) is 4.37. The largest absolute Gasteiger partial charge is 0.342 e. The molecule has 1 atom stereocenters. The van der Waals surface area contributed by atoms with Crippen LogP contribution in [0.5, 0.6) is 0 Å². The number of rotatable bonds is 1. The van der Waals surface area contributed by atoms with Crippen LogP contribution in [0, 0.1) is 5.92 Å². The maximum absolute atomic E-state index is 12.1. The van der Waals surface area contributed by atoms with Gasteiger partial charge in [-0.2, -0.15) is 8.42 Å². The number of nitrogens with one attached hydrogen (secondary N) is 2. The lowest BCUT2D eigenvalue weighted by Crippen LogP contribution is -2.39. The molecular formula is C12H15N3O2S.